The molecule has 2 aromatic carbocycles. The number of carbonyl (C=O) groups is 1. The number of hydrogen-bond acceptors (Lipinski definition) is 2. The summed E-state index contributed by atoms with van der Waals surface area (Å²) in [6.45, 7) is 1.71. The van der Waals surface area contributed by atoms with Gasteiger partial charge in [0.1, 0.15) is 0 Å². The number of para-hydroxylation sites is 1. The second-order valence-electron chi connectivity index (χ2n) is 4.23. The van der Waals surface area contributed by atoms with Crippen LogP contribution in [0.4, 0.5) is 10.1 Å². The van der Waals surface area contributed by atoms with Crippen LogP contribution in [-0.4, -0.2) is 12.5 Å². The van der Waals surface area contributed by atoms with Crippen LogP contribution in [0.1, 0.15) is 5.56 Å². The van der Waals surface area contributed by atoms with Crippen molar-refractivity contribution in [2.45, 2.75) is 6.92 Å². The average Bonchev–Trinajstić information content (AvgIpc) is 2.42. The van der Waals surface area contributed by atoms with E-state index in [1.54, 1.807) is 24.3 Å². The van der Waals surface area contributed by atoms with Gasteiger partial charge in [-0.05, 0) is 36.8 Å². The predicted octanol–water partition coefficient (Wildman–Crippen LogP) is 3.91. The van der Waals surface area contributed by atoms with Crippen molar-refractivity contribution >= 4 is 27.5 Å². The van der Waals surface area contributed by atoms with E-state index in [-0.39, 0.29) is 18.3 Å². The third kappa shape index (κ3) is 3.81. The van der Waals surface area contributed by atoms with E-state index < -0.39 is 5.82 Å². The number of ether oxygens (including phenoxy) is 1. The van der Waals surface area contributed by atoms with E-state index in [4.69, 9.17) is 4.74 Å². The quantitative estimate of drug-likeness (QED) is 0.918. The Morgan fingerprint density at radius 3 is 2.75 bits per heavy atom. The molecule has 2 rings (SSSR count). The smallest absolute Gasteiger partial charge is 0.262 e. The first kappa shape index (κ1) is 14.5. The maximum absolute atomic E-state index is 13.3. The van der Waals surface area contributed by atoms with E-state index in [0.29, 0.717) is 5.69 Å². The van der Waals surface area contributed by atoms with E-state index in [1.807, 2.05) is 13.0 Å². The summed E-state index contributed by atoms with van der Waals surface area (Å²) in [7, 11) is 0. The number of hydrogen-bond donors (Lipinski definition) is 1. The van der Waals surface area contributed by atoms with Gasteiger partial charge in [0.05, 0.1) is 0 Å². The van der Waals surface area contributed by atoms with Crippen LogP contribution >= 0.6 is 15.9 Å². The number of halogens is 2. The molecule has 0 aliphatic heterocycles. The maximum atomic E-state index is 13.3. The molecular formula is C15H13BrFNO2. The molecule has 3 nitrogen and oxygen atoms in total. The molecule has 0 unspecified atom stereocenters. The Labute approximate surface area is 124 Å². The van der Waals surface area contributed by atoms with Gasteiger partial charge in [-0.1, -0.05) is 34.1 Å². The highest BCUT2D eigenvalue weighted by molar-refractivity contribution is 9.10. The third-order valence-corrected chi connectivity index (χ3v) is 3.51. The van der Waals surface area contributed by atoms with Crippen LogP contribution in [0.25, 0.3) is 0 Å². The van der Waals surface area contributed by atoms with Gasteiger partial charge < -0.3 is 10.1 Å². The lowest BCUT2D eigenvalue weighted by Crippen LogP contribution is -2.20. The minimum absolute atomic E-state index is 0.0627. The van der Waals surface area contributed by atoms with E-state index in [2.05, 4.69) is 21.2 Å². The molecule has 0 radical (unpaired) electrons. The number of amides is 1. The van der Waals surface area contributed by atoms with Crippen molar-refractivity contribution in [3.8, 4) is 5.75 Å². The van der Waals surface area contributed by atoms with Crippen molar-refractivity contribution in [1.82, 2.24) is 0 Å². The minimum atomic E-state index is -0.488. The summed E-state index contributed by atoms with van der Waals surface area (Å²) in [5.41, 5.74) is 1.73. The number of carbonyl (C=O) groups excluding carboxylic acids is 1. The van der Waals surface area contributed by atoms with Gasteiger partial charge in [-0.15, -0.1) is 0 Å². The summed E-state index contributed by atoms with van der Waals surface area (Å²) in [5.74, 6) is -0.768. The van der Waals surface area contributed by atoms with Crippen molar-refractivity contribution in [3.63, 3.8) is 0 Å². The molecule has 104 valence electrons. The molecule has 0 saturated heterocycles. The lowest BCUT2D eigenvalue weighted by atomic mass is 10.2. The minimum Gasteiger partial charge on any atom is -0.481 e. The molecule has 0 aliphatic rings. The molecule has 0 heterocycles. The molecule has 0 aliphatic carbocycles. The summed E-state index contributed by atoms with van der Waals surface area (Å²) >= 11 is 3.39. The molecule has 5 heteroatoms. The summed E-state index contributed by atoms with van der Waals surface area (Å²) < 4.78 is 19.3. The highest BCUT2D eigenvalue weighted by Crippen LogP contribution is 2.20. The van der Waals surface area contributed by atoms with E-state index in [0.717, 1.165) is 10.0 Å². The van der Waals surface area contributed by atoms with Gasteiger partial charge >= 0.3 is 0 Å². The molecule has 0 fully saturated rings. The molecule has 0 spiro atoms. The molecule has 0 saturated carbocycles. The Hall–Kier alpha value is -1.88. The van der Waals surface area contributed by atoms with E-state index in [9.17, 15) is 9.18 Å². The monoisotopic (exact) mass is 337 g/mol. The summed E-state index contributed by atoms with van der Waals surface area (Å²) in [6.07, 6.45) is 0. The van der Waals surface area contributed by atoms with Crippen LogP contribution in [0.15, 0.2) is 46.9 Å². The van der Waals surface area contributed by atoms with Gasteiger partial charge in [0, 0.05) is 10.2 Å². The van der Waals surface area contributed by atoms with E-state index in [1.165, 1.54) is 12.1 Å². The first-order chi connectivity index (χ1) is 9.56. The van der Waals surface area contributed by atoms with Crippen molar-refractivity contribution in [2.75, 3.05) is 11.9 Å². The summed E-state index contributed by atoms with van der Waals surface area (Å²) in [6, 6.07) is 11.4. The zero-order valence-corrected chi connectivity index (χ0v) is 12.4. The Morgan fingerprint density at radius 2 is 2.05 bits per heavy atom. The fourth-order valence-electron chi connectivity index (χ4n) is 1.57. The van der Waals surface area contributed by atoms with Crippen LogP contribution in [0.2, 0.25) is 0 Å². The highest BCUT2D eigenvalue weighted by Gasteiger charge is 2.07. The van der Waals surface area contributed by atoms with Crippen LogP contribution in [0.3, 0.4) is 0 Å². The normalized spacial score (nSPS) is 10.2. The molecule has 1 amide bonds. The standard InChI is InChI=1S/C15H13BrFNO2/c1-10-6-7-11(8-12(10)16)18-15(19)9-20-14-5-3-2-4-13(14)17/h2-8H,9H2,1H3,(H,18,19). The SMILES string of the molecule is Cc1ccc(NC(=O)COc2ccccc2F)cc1Br. The van der Waals surface area contributed by atoms with Crippen LogP contribution in [0.5, 0.6) is 5.75 Å². The molecule has 0 aromatic heterocycles. The van der Waals surface area contributed by atoms with E-state index >= 15 is 0 Å². The number of rotatable bonds is 4. The first-order valence-electron chi connectivity index (χ1n) is 5.99. The van der Waals surface area contributed by atoms with Gasteiger partial charge in [-0.2, -0.15) is 0 Å². The molecular weight excluding hydrogens is 325 g/mol. The largest absolute Gasteiger partial charge is 0.481 e. The number of anilines is 1. The number of nitrogens with one attached hydrogen (secondary N) is 1. The van der Waals surface area contributed by atoms with Gasteiger partial charge in [0.25, 0.3) is 5.91 Å². The number of benzene rings is 2. The Kier molecular flexibility index (Phi) is 4.74. The van der Waals surface area contributed by atoms with Crippen molar-refractivity contribution in [3.05, 3.63) is 58.3 Å². The predicted molar refractivity (Wildman–Crippen MR) is 79.4 cm³/mol. The fourth-order valence-corrected chi connectivity index (χ4v) is 1.95. The maximum Gasteiger partial charge on any atom is 0.262 e. The third-order valence-electron chi connectivity index (χ3n) is 2.65. The second kappa shape index (κ2) is 6.52. The molecule has 0 atom stereocenters. The fraction of sp³-hybridized carbons (Fsp3) is 0.133. The highest BCUT2D eigenvalue weighted by atomic mass is 79.9. The Bertz CT molecular complexity index is 631. The zero-order valence-electron chi connectivity index (χ0n) is 10.8. The van der Waals surface area contributed by atoms with Crippen LogP contribution < -0.4 is 10.1 Å². The Balaban J connectivity index is 1.93. The lowest BCUT2D eigenvalue weighted by Gasteiger charge is -2.09. The van der Waals surface area contributed by atoms with Crippen molar-refractivity contribution < 1.29 is 13.9 Å². The summed E-state index contributed by atoms with van der Waals surface area (Å²) in [5, 5.41) is 2.68. The molecule has 1 N–H and O–H groups in total. The summed E-state index contributed by atoms with van der Waals surface area (Å²) in [4.78, 5) is 11.7. The Morgan fingerprint density at radius 1 is 1.30 bits per heavy atom. The van der Waals surface area contributed by atoms with Crippen LogP contribution in [-0.2, 0) is 4.79 Å². The van der Waals surface area contributed by atoms with Crippen molar-refractivity contribution in [2.24, 2.45) is 0 Å². The van der Waals surface area contributed by atoms with Gasteiger partial charge in [0.15, 0.2) is 18.2 Å². The number of aryl methyl sites for hydroxylation is 1. The van der Waals surface area contributed by atoms with Crippen LogP contribution in [0, 0.1) is 12.7 Å². The van der Waals surface area contributed by atoms with Gasteiger partial charge in [0.2, 0.25) is 0 Å². The van der Waals surface area contributed by atoms with Gasteiger partial charge in [-0.3, -0.25) is 4.79 Å². The lowest BCUT2D eigenvalue weighted by molar-refractivity contribution is -0.118. The molecule has 20 heavy (non-hydrogen) atoms. The average molecular weight is 338 g/mol. The zero-order chi connectivity index (χ0) is 14.5. The van der Waals surface area contributed by atoms with Gasteiger partial charge in [-0.25, -0.2) is 4.39 Å². The molecule has 2 aromatic rings. The second-order valence-corrected chi connectivity index (χ2v) is 5.09. The molecule has 0 bridgehead atoms. The first-order valence-corrected chi connectivity index (χ1v) is 6.79. The topological polar surface area (TPSA) is 38.3 Å². The van der Waals surface area contributed by atoms with Crippen molar-refractivity contribution in [1.29, 1.82) is 0 Å².